The third-order valence-electron chi connectivity index (χ3n) is 2.34. The van der Waals surface area contributed by atoms with Crippen LogP contribution in [-0.4, -0.2) is 23.5 Å². The summed E-state index contributed by atoms with van der Waals surface area (Å²) in [5.74, 6) is 0.706. The number of hydrogen-bond donors (Lipinski definition) is 0. The number of aromatic nitrogens is 1. The maximum absolute atomic E-state index is 11.6. The Morgan fingerprint density at radius 1 is 1.80 bits per heavy atom. The zero-order chi connectivity index (χ0) is 10.8. The SMILES string of the molecule is N#Cc1cnoc1N1CC(CCl)CC1=O. The average Bonchev–Trinajstić information content (AvgIpc) is 2.82. The van der Waals surface area contributed by atoms with E-state index in [9.17, 15) is 4.79 Å². The van der Waals surface area contributed by atoms with Crippen molar-refractivity contribution in [2.45, 2.75) is 6.42 Å². The van der Waals surface area contributed by atoms with Crippen molar-refractivity contribution in [3.63, 3.8) is 0 Å². The molecule has 78 valence electrons. The summed E-state index contributed by atoms with van der Waals surface area (Å²) in [5.41, 5.74) is 0.276. The molecule has 0 bridgehead atoms. The van der Waals surface area contributed by atoms with Crippen molar-refractivity contribution in [3.8, 4) is 6.07 Å². The average molecular weight is 226 g/mol. The lowest BCUT2D eigenvalue weighted by molar-refractivity contribution is -0.117. The second-order valence-corrected chi connectivity index (χ2v) is 3.69. The molecule has 2 rings (SSSR count). The van der Waals surface area contributed by atoms with E-state index in [0.29, 0.717) is 18.8 Å². The Bertz CT molecular complexity index is 423. The van der Waals surface area contributed by atoms with Crippen molar-refractivity contribution in [2.24, 2.45) is 5.92 Å². The summed E-state index contributed by atoms with van der Waals surface area (Å²) in [6, 6.07) is 1.92. The summed E-state index contributed by atoms with van der Waals surface area (Å²) in [6.07, 6.45) is 1.70. The quantitative estimate of drug-likeness (QED) is 0.708. The first-order valence-electron chi connectivity index (χ1n) is 4.47. The highest BCUT2D eigenvalue weighted by Gasteiger charge is 2.33. The van der Waals surface area contributed by atoms with Gasteiger partial charge in [-0.3, -0.25) is 9.69 Å². The molecule has 0 saturated carbocycles. The summed E-state index contributed by atoms with van der Waals surface area (Å²) >= 11 is 5.68. The zero-order valence-corrected chi connectivity index (χ0v) is 8.57. The molecule has 1 aliphatic heterocycles. The summed E-state index contributed by atoms with van der Waals surface area (Å²) in [7, 11) is 0. The molecule has 1 aliphatic rings. The van der Waals surface area contributed by atoms with E-state index in [0.717, 1.165) is 0 Å². The Morgan fingerprint density at radius 3 is 3.20 bits per heavy atom. The van der Waals surface area contributed by atoms with Crippen molar-refractivity contribution < 1.29 is 9.32 Å². The van der Waals surface area contributed by atoms with E-state index in [1.54, 1.807) is 0 Å². The Hall–Kier alpha value is -1.54. The fourth-order valence-electron chi connectivity index (χ4n) is 1.59. The van der Waals surface area contributed by atoms with E-state index in [1.807, 2.05) is 6.07 Å². The molecule has 0 N–H and O–H groups in total. The molecule has 15 heavy (non-hydrogen) atoms. The molecule has 1 saturated heterocycles. The van der Waals surface area contributed by atoms with Crippen LogP contribution in [0.1, 0.15) is 12.0 Å². The van der Waals surface area contributed by atoms with Gasteiger partial charge in [0.1, 0.15) is 11.6 Å². The highest BCUT2D eigenvalue weighted by atomic mass is 35.5. The maximum Gasteiger partial charge on any atom is 0.251 e. The van der Waals surface area contributed by atoms with E-state index in [-0.39, 0.29) is 23.3 Å². The molecule has 1 fully saturated rings. The van der Waals surface area contributed by atoms with E-state index in [2.05, 4.69) is 5.16 Å². The van der Waals surface area contributed by atoms with Crippen LogP contribution in [-0.2, 0) is 4.79 Å². The van der Waals surface area contributed by atoms with Crippen LogP contribution >= 0.6 is 11.6 Å². The van der Waals surface area contributed by atoms with Crippen LogP contribution in [0, 0.1) is 17.2 Å². The second-order valence-electron chi connectivity index (χ2n) is 3.39. The number of hydrogen-bond acceptors (Lipinski definition) is 4. The third kappa shape index (κ3) is 1.68. The largest absolute Gasteiger partial charge is 0.337 e. The number of rotatable bonds is 2. The van der Waals surface area contributed by atoms with Gasteiger partial charge in [0.2, 0.25) is 5.91 Å². The van der Waals surface area contributed by atoms with Crippen LogP contribution in [0.3, 0.4) is 0 Å². The maximum atomic E-state index is 11.6. The Balaban J connectivity index is 2.26. The highest BCUT2D eigenvalue weighted by Crippen LogP contribution is 2.27. The molecular weight excluding hydrogens is 218 g/mol. The minimum absolute atomic E-state index is 0.0751. The second kappa shape index (κ2) is 3.91. The monoisotopic (exact) mass is 225 g/mol. The van der Waals surface area contributed by atoms with Crippen molar-refractivity contribution >= 4 is 23.4 Å². The van der Waals surface area contributed by atoms with Crippen molar-refractivity contribution in [2.75, 3.05) is 17.3 Å². The van der Waals surface area contributed by atoms with Gasteiger partial charge in [-0.15, -0.1) is 11.6 Å². The lowest BCUT2D eigenvalue weighted by Gasteiger charge is -2.11. The van der Waals surface area contributed by atoms with Gasteiger partial charge < -0.3 is 4.52 Å². The van der Waals surface area contributed by atoms with E-state index >= 15 is 0 Å². The number of nitriles is 1. The summed E-state index contributed by atoms with van der Waals surface area (Å²) < 4.78 is 4.89. The first-order valence-corrected chi connectivity index (χ1v) is 5.00. The number of halogens is 1. The first kappa shape index (κ1) is 9.99. The summed E-state index contributed by atoms with van der Waals surface area (Å²) in [4.78, 5) is 13.0. The first-order chi connectivity index (χ1) is 7.26. The van der Waals surface area contributed by atoms with Gasteiger partial charge in [0, 0.05) is 18.8 Å². The van der Waals surface area contributed by atoms with Gasteiger partial charge in [-0.2, -0.15) is 5.26 Å². The van der Waals surface area contributed by atoms with E-state index < -0.39 is 0 Å². The lowest BCUT2D eigenvalue weighted by atomic mass is 10.1. The lowest BCUT2D eigenvalue weighted by Crippen LogP contribution is -2.24. The van der Waals surface area contributed by atoms with Crippen LogP contribution < -0.4 is 4.90 Å². The topological polar surface area (TPSA) is 70.1 Å². The normalized spacial score (nSPS) is 20.7. The van der Waals surface area contributed by atoms with Gasteiger partial charge in [0.15, 0.2) is 0 Å². The van der Waals surface area contributed by atoms with Crippen LogP contribution in [0.25, 0.3) is 0 Å². The van der Waals surface area contributed by atoms with Gasteiger partial charge in [-0.1, -0.05) is 5.16 Å². The van der Waals surface area contributed by atoms with Gasteiger partial charge in [-0.05, 0) is 5.92 Å². The van der Waals surface area contributed by atoms with Crippen LogP contribution in [0.4, 0.5) is 5.88 Å². The zero-order valence-electron chi connectivity index (χ0n) is 7.81. The fraction of sp³-hybridized carbons (Fsp3) is 0.444. The molecule has 1 atom stereocenters. The van der Waals surface area contributed by atoms with E-state index in [1.165, 1.54) is 11.1 Å². The predicted octanol–water partition coefficient (Wildman–Crippen LogP) is 1.14. The van der Waals surface area contributed by atoms with Crippen LogP contribution in [0.15, 0.2) is 10.7 Å². The standard InChI is InChI=1S/C9H8ClN3O2/c10-2-6-1-8(14)13(5-6)9-7(3-11)4-12-15-9/h4,6H,1-2,5H2. The Labute approximate surface area is 91.2 Å². The number of carbonyl (C=O) groups is 1. The Kier molecular flexibility index (Phi) is 2.60. The minimum atomic E-state index is -0.0751. The highest BCUT2D eigenvalue weighted by molar-refractivity contribution is 6.18. The van der Waals surface area contributed by atoms with Crippen molar-refractivity contribution in [1.29, 1.82) is 5.26 Å². The van der Waals surface area contributed by atoms with Gasteiger partial charge in [0.05, 0.1) is 6.20 Å². The summed E-state index contributed by atoms with van der Waals surface area (Å²) in [6.45, 7) is 0.492. The van der Waals surface area contributed by atoms with Crippen LogP contribution in [0.2, 0.25) is 0 Å². The van der Waals surface area contributed by atoms with Gasteiger partial charge in [-0.25, -0.2) is 0 Å². The number of carbonyl (C=O) groups excluding carboxylic acids is 1. The van der Waals surface area contributed by atoms with Crippen molar-refractivity contribution in [3.05, 3.63) is 11.8 Å². The Morgan fingerprint density at radius 2 is 2.60 bits per heavy atom. The molecule has 0 aliphatic carbocycles. The number of anilines is 1. The number of amides is 1. The van der Waals surface area contributed by atoms with E-state index in [4.69, 9.17) is 21.4 Å². The molecule has 2 heterocycles. The number of nitrogens with zero attached hydrogens (tertiary/aromatic N) is 3. The summed E-state index contributed by atoms with van der Waals surface area (Å²) in [5, 5.41) is 12.3. The third-order valence-corrected chi connectivity index (χ3v) is 2.78. The molecule has 0 aromatic carbocycles. The van der Waals surface area contributed by atoms with Crippen molar-refractivity contribution in [1.82, 2.24) is 5.16 Å². The van der Waals surface area contributed by atoms with Gasteiger partial charge >= 0.3 is 0 Å². The van der Waals surface area contributed by atoms with Gasteiger partial charge in [0.25, 0.3) is 5.88 Å². The molecule has 5 nitrogen and oxygen atoms in total. The fourth-order valence-corrected chi connectivity index (χ4v) is 1.79. The molecule has 0 radical (unpaired) electrons. The molecule has 0 spiro atoms. The molecule has 6 heteroatoms. The molecule has 1 unspecified atom stereocenters. The molecule has 1 amide bonds. The number of alkyl halides is 1. The smallest absolute Gasteiger partial charge is 0.251 e. The minimum Gasteiger partial charge on any atom is -0.337 e. The molecule has 1 aromatic rings. The molecular formula is C9H8ClN3O2. The van der Waals surface area contributed by atoms with Crippen LogP contribution in [0.5, 0.6) is 0 Å². The predicted molar refractivity (Wildman–Crippen MR) is 52.4 cm³/mol. The molecule has 1 aromatic heterocycles.